The van der Waals surface area contributed by atoms with Crippen molar-refractivity contribution in [3.8, 4) is 24.3 Å². The van der Waals surface area contributed by atoms with Crippen LogP contribution in [0.4, 0.5) is 0 Å². The van der Waals surface area contributed by atoms with Gasteiger partial charge in [0.25, 0.3) is 0 Å². The summed E-state index contributed by atoms with van der Waals surface area (Å²) in [5, 5.41) is 35.6. The molecular formula is C24H40N6O4S2. The maximum absolute atomic E-state index is 13.8. The molecule has 0 saturated carbocycles. The molecule has 0 aromatic carbocycles. The van der Waals surface area contributed by atoms with Crippen molar-refractivity contribution in [2.24, 2.45) is 0 Å². The lowest BCUT2D eigenvalue weighted by Crippen LogP contribution is -2.49. The van der Waals surface area contributed by atoms with Gasteiger partial charge >= 0.3 is 0 Å². The molecule has 0 bridgehead atoms. The minimum atomic E-state index is -4.33. The second-order valence-electron chi connectivity index (χ2n) is 8.57. The molecule has 202 valence electrons. The molecule has 0 unspecified atom stereocenters. The first-order chi connectivity index (χ1) is 17.2. The van der Waals surface area contributed by atoms with Gasteiger partial charge < -0.3 is 0 Å². The first-order valence-corrected chi connectivity index (χ1v) is 15.7. The first kappa shape index (κ1) is 33.8. The highest BCUT2D eigenvalue weighted by atomic mass is 32.3. The van der Waals surface area contributed by atoms with Crippen molar-refractivity contribution in [2.75, 3.05) is 26.2 Å². The van der Waals surface area contributed by atoms with Gasteiger partial charge in [0.05, 0.1) is 24.3 Å². The second-order valence-corrected chi connectivity index (χ2v) is 13.1. The molecule has 0 aliphatic carbocycles. The smallest absolute Gasteiger partial charge is 0.211 e. The van der Waals surface area contributed by atoms with Crippen molar-refractivity contribution in [2.45, 2.75) is 101 Å². The van der Waals surface area contributed by atoms with Gasteiger partial charge in [-0.05, 0) is 32.1 Å². The van der Waals surface area contributed by atoms with Crippen molar-refractivity contribution in [3.05, 3.63) is 0 Å². The molecular weight excluding hydrogens is 500 g/mol. The number of rotatable bonds is 22. The lowest BCUT2D eigenvalue weighted by atomic mass is 10.1. The molecule has 0 amide bonds. The van der Waals surface area contributed by atoms with Crippen LogP contribution in [0.15, 0.2) is 0 Å². The molecule has 10 nitrogen and oxygen atoms in total. The SMILES string of the molecule is CCCCCCCC(S(=O)(=O)N(CCCC#N)CCCC#N)S(=O)(=O)N(CCCC#N)CCCC#N. The van der Waals surface area contributed by atoms with E-state index in [1.807, 2.05) is 24.3 Å². The number of nitriles is 4. The zero-order chi connectivity index (χ0) is 27.3. The lowest BCUT2D eigenvalue weighted by Gasteiger charge is -2.31. The molecule has 0 aromatic heterocycles. The van der Waals surface area contributed by atoms with Crippen molar-refractivity contribution in [3.63, 3.8) is 0 Å². The Balaban J connectivity index is 6.19. The quantitative estimate of drug-likeness (QED) is 0.184. The summed E-state index contributed by atoms with van der Waals surface area (Å²) in [5.41, 5.74) is 0. The monoisotopic (exact) mass is 540 g/mol. The predicted octanol–water partition coefficient (Wildman–Crippen LogP) is 4.15. The van der Waals surface area contributed by atoms with E-state index in [4.69, 9.17) is 21.0 Å². The Morgan fingerprint density at radius 3 is 1.19 bits per heavy atom. The van der Waals surface area contributed by atoms with E-state index in [0.717, 1.165) is 27.9 Å². The largest absolute Gasteiger partial charge is 0.232 e. The molecule has 0 atom stereocenters. The van der Waals surface area contributed by atoms with Gasteiger partial charge in [-0.1, -0.05) is 39.0 Å². The molecule has 0 fully saturated rings. The van der Waals surface area contributed by atoms with Crippen LogP contribution in [0.1, 0.15) is 96.8 Å². The highest BCUT2D eigenvalue weighted by Crippen LogP contribution is 2.26. The van der Waals surface area contributed by atoms with Crippen molar-refractivity contribution in [1.82, 2.24) is 8.61 Å². The number of hydrogen-bond donors (Lipinski definition) is 0. The molecule has 0 N–H and O–H groups in total. The Labute approximate surface area is 218 Å². The fourth-order valence-electron chi connectivity index (χ4n) is 3.77. The van der Waals surface area contributed by atoms with Gasteiger partial charge in [0, 0.05) is 51.9 Å². The van der Waals surface area contributed by atoms with Crippen LogP contribution in [0.25, 0.3) is 0 Å². The zero-order valence-corrected chi connectivity index (χ0v) is 23.1. The van der Waals surface area contributed by atoms with Crippen LogP contribution >= 0.6 is 0 Å². The van der Waals surface area contributed by atoms with E-state index in [2.05, 4.69) is 6.92 Å². The van der Waals surface area contributed by atoms with E-state index in [-0.39, 0.29) is 84.0 Å². The normalized spacial score (nSPS) is 11.8. The van der Waals surface area contributed by atoms with E-state index >= 15 is 0 Å². The summed E-state index contributed by atoms with van der Waals surface area (Å²) in [6.45, 7) is 2.08. The van der Waals surface area contributed by atoms with Gasteiger partial charge in [-0.25, -0.2) is 25.4 Å². The molecule has 0 saturated heterocycles. The van der Waals surface area contributed by atoms with Crippen LogP contribution in [0.2, 0.25) is 0 Å². The molecule has 0 radical (unpaired) electrons. The highest BCUT2D eigenvalue weighted by molar-refractivity contribution is 8.07. The molecule has 0 rings (SSSR count). The Bertz CT molecular complexity index is 874. The zero-order valence-electron chi connectivity index (χ0n) is 21.4. The van der Waals surface area contributed by atoms with E-state index in [1.54, 1.807) is 0 Å². The summed E-state index contributed by atoms with van der Waals surface area (Å²) >= 11 is 0. The number of sulfonamides is 2. The maximum atomic E-state index is 13.8. The summed E-state index contributed by atoms with van der Waals surface area (Å²) in [7, 11) is -8.65. The summed E-state index contributed by atoms with van der Waals surface area (Å²) in [5.74, 6) is 0. The topological polar surface area (TPSA) is 170 Å². The van der Waals surface area contributed by atoms with Crippen molar-refractivity contribution < 1.29 is 16.8 Å². The van der Waals surface area contributed by atoms with Gasteiger partial charge in [0.2, 0.25) is 20.0 Å². The third-order valence-electron chi connectivity index (χ3n) is 5.71. The lowest BCUT2D eigenvalue weighted by molar-refractivity contribution is 0.382. The van der Waals surface area contributed by atoms with Gasteiger partial charge in [-0.15, -0.1) is 0 Å². The van der Waals surface area contributed by atoms with Gasteiger partial charge in [-0.2, -0.15) is 21.0 Å². The van der Waals surface area contributed by atoms with E-state index in [9.17, 15) is 16.8 Å². The Hall–Kier alpha value is -2.22. The minimum Gasteiger partial charge on any atom is -0.211 e. The van der Waals surface area contributed by atoms with Crippen LogP contribution in [0.3, 0.4) is 0 Å². The van der Waals surface area contributed by atoms with Crippen LogP contribution in [0, 0.1) is 45.3 Å². The Kier molecular flexibility index (Phi) is 18.7. The molecule has 0 aliphatic heterocycles. The molecule has 0 aliphatic rings. The Morgan fingerprint density at radius 1 is 0.556 bits per heavy atom. The summed E-state index contributed by atoms with van der Waals surface area (Å²) in [4.78, 5) is 0. The van der Waals surface area contributed by atoms with Crippen molar-refractivity contribution in [1.29, 1.82) is 21.0 Å². The standard InChI is InChI=1S/C24H40N6O4S2/c1-2-3-4-5-6-15-24(35(31,32)29(20-11-7-16-25)21-12-8-17-26)36(33,34)30(22-13-9-18-27)23-14-10-19-28/h24H,2-15,20-23H2,1H3. The maximum Gasteiger partial charge on any atom is 0.232 e. The molecule has 0 heterocycles. The molecule has 0 spiro atoms. The number of nitrogens with zero attached hydrogens (tertiary/aromatic N) is 6. The van der Waals surface area contributed by atoms with E-state index < -0.39 is 24.6 Å². The van der Waals surface area contributed by atoms with E-state index in [1.165, 1.54) is 0 Å². The average Bonchev–Trinajstić information content (AvgIpc) is 2.84. The first-order valence-electron chi connectivity index (χ1n) is 12.7. The second kappa shape index (κ2) is 19.9. The third kappa shape index (κ3) is 12.7. The van der Waals surface area contributed by atoms with E-state index in [0.29, 0.717) is 12.8 Å². The van der Waals surface area contributed by atoms with Crippen LogP contribution in [0.5, 0.6) is 0 Å². The summed E-state index contributed by atoms with van der Waals surface area (Å²) in [6.07, 6.45) is 5.52. The molecule has 12 heteroatoms. The highest BCUT2D eigenvalue weighted by Gasteiger charge is 2.43. The minimum absolute atomic E-state index is 0.00599. The van der Waals surface area contributed by atoms with Crippen LogP contribution in [-0.2, 0) is 20.0 Å². The van der Waals surface area contributed by atoms with Gasteiger partial charge in [0.1, 0.15) is 0 Å². The van der Waals surface area contributed by atoms with Gasteiger partial charge in [-0.3, -0.25) is 0 Å². The predicted molar refractivity (Wildman–Crippen MR) is 138 cm³/mol. The third-order valence-corrected chi connectivity index (χ3v) is 11.1. The fraction of sp³-hybridized carbons (Fsp3) is 0.833. The molecule has 0 aromatic rings. The Morgan fingerprint density at radius 2 is 0.889 bits per heavy atom. The number of unbranched alkanes of at least 4 members (excludes halogenated alkanes) is 8. The summed E-state index contributed by atoms with van der Waals surface area (Å²) < 4.78 is 55.8. The summed E-state index contributed by atoms with van der Waals surface area (Å²) in [6, 6.07) is 7.91. The fourth-order valence-corrected chi connectivity index (χ4v) is 8.86. The number of hydrogen-bond acceptors (Lipinski definition) is 8. The molecule has 36 heavy (non-hydrogen) atoms. The van der Waals surface area contributed by atoms with Crippen LogP contribution in [-0.4, -0.2) is 56.2 Å². The van der Waals surface area contributed by atoms with Crippen molar-refractivity contribution >= 4 is 20.0 Å². The van der Waals surface area contributed by atoms with Crippen LogP contribution < -0.4 is 0 Å². The average molecular weight is 541 g/mol. The van der Waals surface area contributed by atoms with Gasteiger partial charge in [0.15, 0.2) is 4.58 Å².